The van der Waals surface area contributed by atoms with Gasteiger partial charge in [-0.3, -0.25) is 4.79 Å². The molecular weight excluding hydrogens is 288 g/mol. The van der Waals surface area contributed by atoms with Gasteiger partial charge in [-0.25, -0.2) is 4.98 Å². The van der Waals surface area contributed by atoms with E-state index in [2.05, 4.69) is 21.1 Å². The van der Waals surface area contributed by atoms with Gasteiger partial charge in [0, 0.05) is 43.6 Å². The Balaban J connectivity index is 1.39. The Kier molecular flexibility index (Phi) is 3.87. The van der Waals surface area contributed by atoms with Crippen molar-refractivity contribution >= 4 is 11.6 Å². The van der Waals surface area contributed by atoms with E-state index in [0.717, 1.165) is 44.0 Å². The van der Waals surface area contributed by atoms with Crippen LogP contribution < -0.4 is 10.2 Å². The molecule has 0 aliphatic carbocycles. The zero-order chi connectivity index (χ0) is 15.6. The first kappa shape index (κ1) is 14.5. The molecule has 2 aliphatic rings. The van der Waals surface area contributed by atoms with Crippen molar-refractivity contribution in [2.75, 3.05) is 18.0 Å². The Hall–Kier alpha value is -2.14. The molecule has 5 nitrogen and oxygen atoms in total. The second kappa shape index (κ2) is 6.16. The number of nitrogens with zero attached hydrogens (tertiary/aromatic N) is 3. The van der Waals surface area contributed by atoms with E-state index in [1.807, 2.05) is 41.4 Å². The maximum absolute atomic E-state index is 12.6. The molecule has 0 bridgehead atoms. The number of hydrogen-bond donors (Lipinski definition) is 1. The molecule has 120 valence electrons. The van der Waals surface area contributed by atoms with Crippen LogP contribution in [0.3, 0.4) is 0 Å². The molecule has 2 unspecified atom stereocenters. The molecule has 5 heteroatoms. The van der Waals surface area contributed by atoms with Gasteiger partial charge in [0.1, 0.15) is 5.82 Å². The van der Waals surface area contributed by atoms with Crippen LogP contribution in [0.5, 0.6) is 0 Å². The summed E-state index contributed by atoms with van der Waals surface area (Å²) in [7, 11) is 0. The molecule has 0 radical (unpaired) electrons. The summed E-state index contributed by atoms with van der Waals surface area (Å²) in [5, 5.41) is 3.49. The van der Waals surface area contributed by atoms with E-state index in [4.69, 9.17) is 0 Å². The second-order valence-electron chi connectivity index (χ2n) is 6.39. The van der Waals surface area contributed by atoms with Gasteiger partial charge < -0.3 is 14.8 Å². The summed E-state index contributed by atoms with van der Waals surface area (Å²) in [5.41, 5.74) is 0.995. The molecule has 1 aromatic heterocycles. The number of benzene rings is 1. The van der Waals surface area contributed by atoms with E-state index in [1.54, 1.807) is 0 Å². The molecule has 1 amide bonds. The van der Waals surface area contributed by atoms with Crippen molar-refractivity contribution in [3.63, 3.8) is 0 Å². The second-order valence-corrected chi connectivity index (χ2v) is 6.39. The lowest BCUT2D eigenvalue weighted by Crippen LogP contribution is -2.40. The van der Waals surface area contributed by atoms with Crippen molar-refractivity contribution in [2.24, 2.45) is 0 Å². The normalized spacial score (nSPS) is 24.0. The predicted molar refractivity (Wildman–Crippen MR) is 89.4 cm³/mol. The van der Waals surface area contributed by atoms with Crippen molar-refractivity contribution in [2.45, 2.75) is 37.8 Å². The minimum Gasteiger partial charge on any atom is -0.335 e. The van der Waals surface area contributed by atoms with E-state index in [0.29, 0.717) is 5.92 Å². The van der Waals surface area contributed by atoms with Gasteiger partial charge in [-0.05, 0) is 31.4 Å². The third kappa shape index (κ3) is 2.77. The van der Waals surface area contributed by atoms with Crippen LogP contribution in [0.2, 0.25) is 0 Å². The van der Waals surface area contributed by atoms with Crippen molar-refractivity contribution in [3.8, 4) is 0 Å². The van der Waals surface area contributed by atoms with Crippen LogP contribution in [-0.2, 0) is 11.3 Å². The molecule has 1 fully saturated rings. The number of para-hydroxylation sites is 1. The molecule has 4 rings (SSSR count). The highest BCUT2D eigenvalue weighted by molar-refractivity contribution is 5.99. The number of rotatable bonds is 4. The summed E-state index contributed by atoms with van der Waals surface area (Å²) in [5.74, 6) is 1.77. The number of anilines is 1. The molecular formula is C18H22N4O. The average molecular weight is 310 g/mol. The van der Waals surface area contributed by atoms with E-state index < -0.39 is 0 Å². The lowest BCUT2D eigenvalue weighted by molar-refractivity contribution is -0.118. The number of carbonyl (C=O) groups is 1. The van der Waals surface area contributed by atoms with Gasteiger partial charge in [0.15, 0.2) is 0 Å². The zero-order valence-electron chi connectivity index (χ0n) is 13.2. The highest BCUT2D eigenvalue weighted by atomic mass is 16.2. The van der Waals surface area contributed by atoms with Crippen LogP contribution in [0.4, 0.5) is 5.69 Å². The summed E-state index contributed by atoms with van der Waals surface area (Å²) in [6.07, 6.45) is 7.14. The molecule has 1 saturated heterocycles. The summed E-state index contributed by atoms with van der Waals surface area (Å²) in [4.78, 5) is 19.0. The van der Waals surface area contributed by atoms with Crippen LogP contribution in [0.1, 0.15) is 31.0 Å². The fourth-order valence-corrected chi connectivity index (χ4v) is 3.72. The van der Waals surface area contributed by atoms with Gasteiger partial charge in [-0.2, -0.15) is 0 Å². The number of imidazole rings is 1. The highest BCUT2D eigenvalue weighted by Gasteiger charge is 2.33. The molecule has 0 spiro atoms. The fraction of sp³-hybridized carbons (Fsp3) is 0.444. The molecule has 1 N–H and O–H groups in total. The van der Waals surface area contributed by atoms with E-state index in [9.17, 15) is 4.79 Å². The van der Waals surface area contributed by atoms with Crippen LogP contribution in [0, 0.1) is 0 Å². The van der Waals surface area contributed by atoms with Gasteiger partial charge in [-0.15, -0.1) is 0 Å². The Morgan fingerprint density at radius 1 is 1.17 bits per heavy atom. The predicted octanol–water partition coefficient (Wildman–Crippen LogP) is 2.16. The minimum atomic E-state index is -0.0689. The first-order chi connectivity index (χ1) is 11.3. The van der Waals surface area contributed by atoms with E-state index in [1.165, 1.54) is 6.42 Å². The first-order valence-electron chi connectivity index (χ1n) is 8.44. The maximum atomic E-state index is 12.6. The number of fused-ring (bicyclic) bond motifs is 1. The maximum Gasteiger partial charge on any atom is 0.244 e. The summed E-state index contributed by atoms with van der Waals surface area (Å²) in [6.45, 7) is 2.69. The number of hydrogen-bond acceptors (Lipinski definition) is 3. The van der Waals surface area contributed by atoms with E-state index >= 15 is 0 Å². The van der Waals surface area contributed by atoms with Gasteiger partial charge in [0.25, 0.3) is 0 Å². The van der Waals surface area contributed by atoms with Crippen LogP contribution in [0.15, 0.2) is 42.7 Å². The van der Waals surface area contributed by atoms with Crippen molar-refractivity contribution < 1.29 is 4.79 Å². The summed E-state index contributed by atoms with van der Waals surface area (Å²) in [6, 6.07) is 9.86. The van der Waals surface area contributed by atoms with E-state index in [-0.39, 0.29) is 11.9 Å². The van der Waals surface area contributed by atoms with Gasteiger partial charge in [-0.1, -0.05) is 18.2 Å². The highest BCUT2D eigenvalue weighted by Crippen LogP contribution is 2.26. The minimum absolute atomic E-state index is 0.0689. The standard InChI is InChI=1S/C18H22N4O/c23-18-16(8-11-22(18)15-6-2-1-3-7-15)20-13-14-5-4-10-21-12-9-19-17(14)21/h1-3,6-7,9,12,14,16,20H,4-5,8,10-11,13H2. The van der Waals surface area contributed by atoms with Crippen LogP contribution in [0.25, 0.3) is 0 Å². The summed E-state index contributed by atoms with van der Waals surface area (Å²) >= 11 is 0. The molecule has 2 aliphatic heterocycles. The molecule has 1 aromatic carbocycles. The number of aryl methyl sites for hydroxylation is 1. The molecule has 3 heterocycles. The average Bonchev–Trinajstić information content (AvgIpc) is 3.21. The zero-order valence-corrected chi connectivity index (χ0v) is 13.2. The Bertz CT molecular complexity index is 681. The number of aromatic nitrogens is 2. The quantitative estimate of drug-likeness (QED) is 0.941. The first-order valence-corrected chi connectivity index (χ1v) is 8.44. The Labute approximate surface area is 136 Å². The Morgan fingerprint density at radius 3 is 2.91 bits per heavy atom. The fourth-order valence-electron chi connectivity index (χ4n) is 3.72. The third-order valence-corrected chi connectivity index (χ3v) is 4.95. The third-order valence-electron chi connectivity index (χ3n) is 4.95. The van der Waals surface area contributed by atoms with Crippen LogP contribution >= 0.6 is 0 Å². The number of carbonyl (C=O) groups excluding carboxylic acids is 1. The smallest absolute Gasteiger partial charge is 0.244 e. The molecule has 0 saturated carbocycles. The van der Waals surface area contributed by atoms with Crippen molar-refractivity contribution in [3.05, 3.63) is 48.5 Å². The van der Waals surface area contributed by atoms with Gasteiger partial charge in [0.2, 0.25) is 5.91 Å². The number of nitrogens with one attached hydrogen (secondary N) is 1. The monoisotopic (exact) mass is 310 g/mol. The Morgan fingerprint density at radius 2 is 2.04 bits per heavy atom. The van der Waals surface area contributed by atoms with Crippen molar-refractivity contribution in [1.82, 2.24) is 14.9 Å². The lowest BCUT2D eigenvalue weighted by atomic mass is 9.98. The lowest BCUT2D eigenvalue weighted by Gasteiger charge is -2.25. The SMILES string of the molecule is O=C1C(NCC2CCCn3ccnc32)CCN1c1ccccc1. The molecule has 23 heavy (non-hydrogen) atoms. The molecule has 2 atom stereocenters. The topological polar surface area (TPSA) is 50.2 Å². The van der Waals surface area contributed by atoms with Crippen molar-refractivity contribution in [1.29, 1.82) is 0 Å². The van der Waals surface area contributed by atoms with Gasteiger partial charge >= 0.3 is 0 Å². The number of amides is 1. The molecule has 2 aromatic rings. The van der Waals surface area contributed by atoms with Gasteiger partial charge in [0.05, 0.1) is 6.04 Å². The summed E-state index contributed by atoms with van der Waals surface area (Å²) < 4.78 is 2.24. The largest absolute Gasteiger partial charge is 0.335 e. The van der Waals surface area contributed by atoms with Crippen LogP contribution in [-0.4, -0.2) is 34.6 Å².